The molecule has 0 N–H and O–H groups in total. The predicted octanol–water partition coefficient (Wildman–Crippen LogP) is 7.24. The fourth-order valence-corrected chi connectivity index (χ4v) is 4.92. The topological polar surface area (TPSA) is 24.9 Å². The van der Waals surface area contributed by atoms with E-state index >= 15 is 0 Å². The van der Waals surface area contributed by atoms with Crippen LogP contribution in [-0.4, -0.2) is 18.3 Å². The van der Waals surface area contributed by atoms with Crippen molar-refractivity contribution >= 4 is 46.7 Å². The highest BCUT2D eigenvalue weighted by atomic mass is 16.7. The van der Waals surface area contributed by atoms with Gasteiger partial charge in [0.1, 0.15) is 0 Å². The quantitative estimate of drug-likeness (QED) is 0.265. The van der Waals surface area contributed by atoms with Gasteiger partial charge in [0.05, 0.1) is 34.0 Å². The lowest BCUT2D eigenvalue weighted by molar-refractivity contribution is 0.00578. The van der Waals surface area contributed by atoms with E-state index in [1.54, 1.807) is 0 Å². The molecule has 4 nitrogen and oxygen atoms in total. The molecule has 4 aromatic rings. The Morgan fingerprint density at radius 2 is 0.886 bits per heavy atom. The van der Waals surface area contributed by atoms with Crippen LogP contribution in [0.25, 0.3) is 0 Å². The summed E-state index contributed by atoms with van der Waals surface area (Å²) >= 11 is 0. The number of hydrogen-bond acceptors (Lipinski definition) is 4. The third-order valence-electron chi connectivity index (χ3n) is 7.43. The van der Waals surface area contributed by atoms with Crippen molar-refractivity contribution in [2.24, 2.45) is 0 Å². The van der Waals surface area contributed by atoms with E-state index in [1.807, 2.05) is 0 Å². The maximum absolute atomic E-state index is 6.49. The molecule has 2 aliphatic heterocycles. The number of hydrogen-bond donors (Lipinski definition) is 0. The van der Waals surface area contributed by atoms with Crippen molar-refractivity contribution in [3.63, 3.8) is 0 Å². The summed E-state index contributed by atoms with van der Waals surface area (Å²) in [6.07, 6.45) is 0. The second-order valence-electron chi connectivity index (χ2n) is 10.1. The molecule has 1 saturated heterocycles. The van der Waals surface area contributed by atoms with Crippen LogP contribution in [0, 0.1) is 0 Å². The lowest BCUT2D eigenvalue weighted by atomic mass is 9.77. The Balaban J connectivity index is 1.55. The van der Waals surface area contributed by atoms with Gasteiger partial charge in [-0.25, -0.2) is 0 Å². The van der Waals surface area contributed by atoms with Gasteiger partial charge < -0.3 is 19.1 Å². The van der Waals surface area contributed by atoms with Gasteiger partial charge in [-0.05, 0) is 70.2 Å². The third-order valence-corrected chi connectivity index (χ3v) is 7.43. The molecule has 35 heavy (non-hydrogen) atoms. The molecule has 174 valence electrons. The summed E-state index contributed by atoms with van der Waals surface area (Å²) < 4.78 is 13.0. The van der Waals surface area contributed by atoms with Crippen molar-refractivity contribution in [3.8, 4) is 0 Å². The summed E-state index contributed by atoms with van der Waals surface area (Å²) in [6, 6.07) is 36.1. The summed E-state index contributed by atoms with van der Waals surface area (Å²) in [4.78, 5) is 4.67. The second-order valence-corrected chi connectivity index (χ2v) is 10.1. The predicted molar refractivity (Wildman–Crippen MR) is 145 cm³/mol. The first-order valence-electron chi connectivity index (χ1n) is 12.2. The van der Waals surface area contributed by atoms with Gasteiger partial charge in [-0.1, -0.05) is 60.7 Å². The average molecular weight is 460 g/mol. The number of fused-ring (bicyclic) bond motifs is 2. The molecule has 2 aliphatic rings. The minimum atomic E-state index is -0.456. The van der Waals surface area contributed by atoms with Crippen LogP contribution < -0.4 is 15.3 Å². The van der Waals surface area contributed by atoms with Gasteiger partial charge in [-0.15, -0.1) is 0 Å². The molecule has 0 radical (unpaired) electrons. The van der Waals surface area contributed by atoms with Gasteiger partial charge in [0.2, 0.25) is 0 Å². The smallest absolute Gasteiger partial charge is 0.399 e. The molecule has 0 saturated carbocycles. The molecule has 0 aromatic heterocycles. The maximum Gasteiger partial charge on any atom is 0.496 e. The normalized spacial score (nSPS) is 17.8. The van der Waals surface area contributed by atoms with Crippen LogP contribution in [0.3, 0.4) is 0 Å². The summed E-state index contributed by atoms with van der Waals surface area (Å²) in [5, 5.41) is 0. The fourth-order valence-electron chi connectivity index (χ4n) is 4.92. The molecule has 0 atom stereocenters. The zero-order chi connectivity index (χ0) is 24.2. The fraction of sp³-hybridized carbons (Fsp3) is 0.200. The van der Waals surface area contributed by atoms with Gasteiger partial charge in [0, 0.05) is 16.8 Å². The Hall–Kier alpha value is -3.54. The highest BCUT2D eigenvalue weighted by Gasteiger charge is 2.52. The van der Waals surface area contributed by atoms with E-state index in [0.29, 0.717) is 0 Å². The van der Waals surface area contributed by atoms with E-state index in [-0.39, 0.29) is 0 Å². The van der Waals surface area contributed by atoms with Crippen molar-refractivity contribution in [1.29, 1.82) is 0 Å². The SMILES string of the molecule is CC1(C)OB(c2ccccc2N2c3ccccc3N(c3ccccc3)c3ccccc32)OC1(C)C. The summed E-state index contributed by atoms with van der Waals surface area (Å²) in [7, 11) is -0.456. The zero-order valence-corrected chi connectivity index (χ0v) is 20.6. The van der Waals surface area contributed by atoms with E-state index in [2.05, 4.69) is 141 Å². The molecular formula is C30H29BN2O2. The van der Waals surface area contributed by atoms with E-state index in [0.717, 1.165) is 39.6 Å². The molecule has 0 bridgehead atoms. The Morgan fingerprint density at radius 3 is 1.40 bits per heavy atom. The minimum Gasteiger partial charge on any atom is -0.399 e. The number of anilines is 6. The lowest BCUT2D eigenvalue weighted by Crippen LogP contribution is -2.41. The van der Waals surface area contributed by atoms with Crippen LogP contribution in [-0.2, 0) is 9.31 Å². The van der Waals surface area contributed by atoms with Gasteiger partial charge in [0.15, 0.2) is 0 Å². The number of rotatable bonds is 3. The van der Waals surface area contributed by atoms with Crippen molar-refractivity contribution in [1.82, 2.24) is 0 Å². The Labute approximate surface area is 207 Å². The number of nitrogens with zero attached hydrogens (tertiary/aromatic N) is 2. The first-order chi connectivity index (χ1) is 16.9. The molecule has 0 aliphatic carbocycles. The molecule has 0 unspecified atom stereocenters. The van der Waals surface area contributed by atoms with E-state index in [4.69, 9.17) is 9.31 Å². The third kappa shape index (κ3) is 3.46. The van der Waals surface area contributed by atoms with Crippen molar-refractivity contribution < 1.29 is 9.31 Å². The van der Waals surface area contributed by atoms with Gasteiger partial charge in [0.25, 0.3) is 0 Å². The van der Waals surface area contributed by atoms with Crippen LogP contribution in [0.4, 0.5) is 34.1 Å². The summed E-state index contributed by atoms with van der Waals surface area (Å²) in [5.74, 6) is 0. The van der Waals surface area contributed by atoms with Crippen LogP contribution >= 0.6 is 0 Å². The maximum atomic E-state index is 6.49. The molecular weight excluding hydrogens is 431 g/mol. The standard InChI is InChI=1S/C30H29BN2O2/c1-29(2)30(3,4)35-31(34-29)23-16-8-9-17-24(23)33-27-20-12-10-18-25(27)32(22-14-6-5-7-15-22)26-19-11-13-21-28(26)33/h5-21H,1-4H3. The number of benzene rings is 4. The summed E-state index contributed by atoms with van der Waals surface area (Å²) in [6.45, 7) is 8.38. The van der Waals surface area contributed by atoms with Crippen LogP contribution in [0.5, 0.6) is 0 Å². The summed E-state index contributed by atoms with van der Waals surface area (Å²) in [5.41, 5.74) is 6.85. The monoisotopic (exact) mass is 460 g/mol. The molecule has 4 aromatic carbocycles. The minimum absolute atomic E-state index is 0.410. The van der Waals surface area contributed by atoms with Gasteiger partial charge in [-0.2, -0.15) is 0 Å². The van der Waals surface area contributed by atoms with Crippen molar-refractivity contribution in [3.05, 3.63) is 103 Å². The zero-order valence-electron chi connectivity index (χ0n) is 20.6. The number of para-hydroxylation sites is 6. The first-order valence-corrected chi connectivity index (χ1v) is 12.2. The highest BCUT2D eigenvalue weighted by Crippen LogP contribution is 2.53. The van der Waals surface area contributed by atoms with Crippen LogP contribution in [0.1, 0.15) is 27.7 Å². The molecule has 5 heteroatoms. The van der Waals surface area contributed by atoms with Gasteiger partial charge in [-0.3, -0.25) is 0 Å². The molecule has 6 rings (SSSR count). The Morgan fingerprint density at radius 1 is 0.486 bits per heavy atom. The highest BCUT2D eigenvalue weighted by molar-refractivity contribution is 6.64. The molecule has 1 fully saturated rings. The lowest BCUT2D eigenvalue weighted by Gasteiger charge is -2.41. The first kappa shape index (κ1) is 22.0. The Bertz CT molecular complexity index is 1320. The Kier molecular flexibility index (Phi) is 5.03. The van der Waals surface area contributed by atoms with Crippen LogP contribution in [0.15, 0.2) is 103 Å². The molecule has 0 amide bonds. The van der Waals surface area contributed by atoms with E-state index in [1.165, 1.54) is 0 Å². The van der Waals surface area contributed by atoms with E-state index < -0.39 is 18.3 Å². The van der Waals surface area contributed by atoms with Crippen molar-refractivity contribution in [2.45, 2.75) is 38.9 Å². The van der Waals surface area contributed by atoms with E-state index in [9.17, 15) is 0 Å². The van der Waals surface area contributed by atoms with Crippen molar-refractivity contribution in [2.75, 3.05) is 9.80 Å². The molecule has 2 heterocycles. The molecule has 0 spiro atoms. The second kappa shape index (κ2) is 8.01. The largest absolute Gasteiger partial charge is 0.496 e. The average Bonchev–Trinajstić information content (AvgIpc) is 3.09. The van der Waals surface area contributed by atoms with Gasteiger partial charge >= 0.3 is 7.12 Å². The van der Waals surface area contributed by atoms with Crippen LogP contribution in [0.2, 0.25) is 0 Å².